The SMILES string of the molecule is COC(=O)Nc1ccc(Nc2ccc(C#N)cc2)cn1. The third-order valence-electron chi connectivity index (χ3n) is 2.48. The summed E-state index contributed by atoms with van der Waals surface area (Å²) < 4.78 is 4.47. The summed E-state index contributed by atoms with van der Waals surface area (Å²) in [6.45, 7) is 0. The van der Waals surface area contributed by atoms with Gasteiger partial charge in [-0.2, -0.15) is 5.26 Å². The van der Waals surface area contributed by atoms with Crippen LogP contribution in [0, 0.1) is 11.3 Å². The molecule has 6 heteroatoms. The van der Waals surface area contributed by atoms with E-state index in [2.05, 4.69) is 26.4 Å². The van der Waals surface area contributed by atoms with E-state index >= 15 is 0 Å². The van der Waals surface area contributed by atoms with Crippen molar-refractivity contribution in [2.24, 2.45) is 0 Å². The number of ether oxygens (including phenoxy) is 1. The molecule has 0 aliphatic rings. The average Bonchev–Trinajstić information content (AvgIpc) is 2.50. The molecule has 2 rings (SSSR count). The predicted molar refractivity (Wildman–Crippen MR) is 74.7 cm³/mol. The molecule has 100 valence electrons. The Hall–Kier alpha value is -3.07. The Kier molecular flexibility index (Phi) is 4.14. The lowest BCUT2D eigenvalue weighted by molar-refractivity contribution is 0.187. The molecule has 1 amide bonds. The largest absolute Gasteiger partial charge is 0.453 e. The number of benzene rings is 1. The molecule has 0 spiro atoms. The number of amides is 1. The fraction of sp³-hybridized carbons (Fsp3) is 0.0714. The quantitative estimate of drug-likeness (QED) is 0.893. The number of pyridine rings is 1. The van der Waals surface area contributed by atoms with E-state index in [4.69, 9.17) is 5.26 Å². The zero-order chi connectivity index (χ0) is 14.4. The van der Waals surface area contributed by atoms with E-state index in [1.807, 2.05) is 0 Å². The molecule has 6 nitrogen and oxygen atoms in total. The van der Waals surface area contributed by atoms with Gasteiger partial charge in [-0.15, -0.1) is 0 Å². The molecule has 1 aromatic heterocycles. The van der Waals surface area contributed by atoms with Gasteiger partial charge in [-0.25, -0.2) is 9.78 Å². The fourth-order valence-corrected chi connectivity index (χ4v) is 1.49. The monoisotopic (exact) mass is 268 g/mol. The van der Waals surface area contributed by atoms with Crippen LogP contribution in [-0.2, 0) is 4.74 Å². The maximum Gasteiger partial charge on any atom is 0.412 e. The second-order valence-corrected chi connectivity index (χ2v) is 3.86. The predicted octanol–water partition coefficient (Wildman–Crippen LogP) is 2.88. The standard InChI is InChI=1S/C14H12N4O2/c1-20-14(19)18-13-7-6-12(9-16-13)17-11-4-2-10(8-15)3-5-11/h2-7,9,17H,1H3,(H,16,18,19). The Morgan fingerprint density at radius 2 is 1.90 bits per heavy atom. The summed E-state index contributed by atoms with van der Waals surface area (Å²) >= 11 is 0. The van der Waals surface area contributed by atoms with Crippen molar-refractivity contribution in [2.45, 2.75) is 0 Å². The Bertz CT molecular complexity index is 630. The van der Waals surface area contributed by atoms with Gasteiger partial charge in [-0.1, -0.05) is 0 Å². The van der Waals surface area contributed by atoms with Crippen molar-refractivity contribution >= 4 is 23.3 Å². The Labute approximate surface area is 116 Å². The number of nitrogens with zero attached hydrogens (tertiary/aromatic N) is 2. The van der Waals surface area contributed by atoms with Crippen molar-refractivity contribution in [1.29, 1.82) is 5.26 Å². The van der Waals surface area contributed by atoms with Crippen LogP contribution in [0.3, 0.4) is 0 Å². The minimum absolute atomic E-state index is 0.405. The summed E-state index contributed by atoms with van der Waals surface area (Å²) in [5, 5.41) is 14.3. The van der Waals surface area contributed by atoms with Crippen molar-refractivity contribution in [2.75, 3.05) is 17.7 Å². The molecule has 1 aromatic carbocycles. The van der Waals surface area contributed by atoms with Gasteiger partial charge in [-0.3, -0.25) is 5.32 Å². The first kappa shape index (κ1) is 13.4. The minimum Gasteiger partial charge on any atom is -0.453 e. The second kappa shape index (κ2) is 6.20. The van der Waals surface area contributed by atoms with E-state index in [9.17, 15) is 4.79 Å². The summed E-state index contributed by atoms with van der Waals surface area (Å²) in [5.74, 6) is 0.405. The van der Waals surface area contributed by atoms with Crippen LogP contribution in [0.2, 0.25) is 0 Å². The highest BCUT2D eigenvalue weighted by Gasteiger charge is 2.02. The molecule has 0 radical (unpaired) electrons. The van der Waals surface area contributed by atoms with Crippen LogP contribution in [0.25, 0.3) is 0 Å². The van der Waals surface area contributed by atoms with Gasteiger partial charge in [0.1, 0.15) is 5.82 Å². The molecule has 0 unspecified atom stereocenters. The molecule has 2 aromatic rings. The van der Waals surface area contributed by atoms with Crippen LogP contribution < -0.4 is 10.6 Å². The molecule has 20 heavy (non-hydrogen) atoms. The summed E-state index contributed by atoms with van der Waals surface area (Å²) in [6.07, 6.45) is 1.02. The number of carbonyl (C=O) groups excluding carboxylic acids is 1. The van der Waals surface area contributed by atoms with Gasteiger partial charge in [0.15, 0.2) is 0 Å². The fourth-order valence-electron chi connectivity index (χ4n) is 1.49. The first-order chi connectivity index (χ1) is 9.71. The van der Waals surface area contributed by atoms with Gasteiger partial charge in [0, 0.05) is 5.69 Å². The summed E-state index contributed by atoms with van der Waals surface area (Å²) in [7, 11) is 1.29. The van der Waals surface area contributed by atoms with Crippen molar-refractivity contribution in [3.63, 3.8) is 0 Å². The summed E-state index contributed by atoms with van der Waals surface area (Å²) in [5.41, 5.74) is 2.22. The van der Waals surface area contributed by atoms with Crippen molar-refractivity contribution in [3.05, 3.63) is 48.2 Å². The smallest absolute Gasteiger partial charge is 0.412 e. The zero-order valence-corrected chi connectivity index (χ0v) is 10.8. The second-order valence-electron chi connectivity index (χ2n) is 3.86. The number of aromatic nitrogens is 1. The third-order valence-corrected chi connectivity index (χ3v) is 2.48. The number of hydrogen-bond acceptors (Lipinski definition) is 5. The highest BCUT2D eigenvalue weighted by Crippen LogP contribution is 2.17. The van der Waals surface area contributed by atoms with Gasteiger partial charge < -0.3 is 10.1 Å². The Morgan fingerprint density at radius 1 is 1.20 bits per heavy atom. The van der Waals surface area contributed by atoms with Gasteiger partial charge in [0.25, 0.3) is 0 Å². The number of anilines is 3. The van der Waals surface area contributed by atoms with Crippen LogP contribution in [-0.4, -0.2) is 18.2 Å². The number of carbonyl (C=O) groups is 1. The average molecular weight is 268 g/mol. The zero-order valence-electron chi connectivity index (χ0n) is 10.8. The molecule has 0 saturated heterocycles. The summed E-state index contributed by atoms with van der Waals surface area (Å²) in [4.78, 5) is 15.1. The van der Waals surface area contributed by atoms with Crippen molar-refractivity contribution in [3.8, 4) is 6.07 Å². The van der Waals surface area contributed by atoms with Crippen molar-refractivity contribution < 1.29 is 9.53 Å². The highest BCUT2D eigenvalue weighted by atomic mass is 16.5. The van der Waals surface area contributed by atoms with E-state index in [-0.39, 0.29) is 0 Å². The summed E-state index contributed by atoms with van der Waals surface area (Å²) in [6, 6.07) is 12.5. The lowest BCUT2D eigenvalue weighted by atomic mass is 10.2. The molecule has 2 N–H and O–H groups in total. The molecule has 0 bridgehead atoms. The normalized spacial score (nSPS) is 9.40. The molecule has 0 saturated carbocycles. The van der Waals surface area contributed by atoms with Gasteiger partial charge in [0.2, 0.25) is 0 Å². The van der Waals surface area contributed by atoms with Crippen LogP contribution in [0.15, 0.2) is 42.6 Å². The molecule has 0 atom stereocenters. The minimum atomic E-state index is -0.565. The number of rotatable bonds is 3. The molecule has 0 aliphatic carbocycles. The molecule has 0 aliphatic heterocycles. The Morgan fingerprint density at radius 3 is 2.45 bits per heavy atom. The van der Waals surface area contributed by atoms with Gasteiger partial charge >= 0.3 is 6.09 Å². The maximum absolute atomic E-state index is 11.0. The molecule has 1 heterocycles. The number of hydrogen-bond donors (Lipinski definition) is 2. The topological polar surface area (TPSA) is 87.0 Å². The molecular weight excluding hydrogens is 256 g/mol. The first-order valence-electron chi connectivity index (χ1n) is 5.79. The highest BCUT2D eigenvalue weighted by molar-refractivity contribution is 5.83. The van der Waals surface area contributed by atoms with E-state index in [1.54, 1.807) is 42.6 Å². The van der Waals surface area contributed by atoms with Crippen molar-refractivity contribution in [1.82, 2.24) is 4.98 Å². The van der Waals surface area contributed by atoms with Crippen LogP contribution in [0.5, 0.6) is 0 Å². The molecule has 0 fully saturated rings. The van der Waals surface area contributed by atoms with Gasteiger partial charge in [-0.05, 0) is 36.4 Å². The van der Waals surface area contributed by atoms with E-state index < -0.39 is 6.09 Å². The number of nitriles is 1. The van der Waals surface area contributed by atoms with Crippen LogP contribution >= 0.6 is 0 Å². The number of methoxy groups -OCH3 is 1. The maximum atomic E-state index is 11.0. The van der Waals surface area contributed by atoms with Crippen LogP contribution in [0.1, 0.15) is 5.56 Å². The molecular formula is C14H12N4O2. The van der Waals surface area contributed by atoms with E-state index in [0.29, 0.717) is 11.4 Å². The third kappa shape index (κ3) is 3.46. The van der Waals surface area contributed by atoms with Gasteiger partial charge in [0.05, 0.1) is 30.6 Å². The van der Waals surface area contributed by atoms with E-state index in [0.717, 1.165) is 11.4 Å². The Balaban J connectivity index is 2.03. The van der Waals surface area contributed by atoms with Crippen LogP contribution in [0.4, 0.5) is 22.0 Å². The number of nitrogens with one attached hydrogen (secondary N) is 2. The lowest BCUT2D eigenvalue weighted by Crippen LogP contribution is -2.11. The first-order valence-corrected chi connectivity index (χ1v) is 5.79. The van der Waals surface area contributed by atoms with E-state index in [1.165, 1.54) is 7.11 Å². The lowest BCUT2D eigenvalue weighted by Gasteiger charge is -2.07.